The standard InChI is InChI=1S/C13H16Cl2/c1-13(9-14,11-5-6-11)8-10-3-2-4-12(15)7-10/h2-4,7,11H,5-6,8-9H2,1H3. The maximum Gasteiger partial charge on any atom is 0.0408 e. The van der Waals surface area contributed by atoms with E-state index in [1.54, 1.807) is 0 Å². The molecule has 2 heteroatoms. The van der Waals surface area contributed by atoms with Gasteiger partial charge < -0.3 is 0 Å². The topological polar surface area (TPSA) is 0 Å². The summed E-state index contributed by atoms with van der Waals surface area (Å²) in [6.07, 6.45) is 3.72. The van der Waals surface area contributed by atoms with Crippen molar-refractivity contribution in [2.24, 2.45) is 11.3 Å². The molecule has 1 aliphatic rings. The third kappa shape index (κ3) is 2.68. The Morgan fingerprint density at radius 3 is 2.67 bits per heavy atom. The molecule has 0 nitrogen and oxygen atoms in total. The van der Waals surface area contributed by atoms with Crippen LogP contribution in [-0.4, -0.2) is 5.88 Å². The Labute approximate surface area is 102 Å². The van der Waals surface area contributed by atoms with Gasteiger partial charge in [0, 0.05) is 10.9 Å². The molecule has 0 amide bonds. The van der Waals surface area contributed by atoms with Crippen LogP contribution in [0.2, 0.25) is 5.02 Å². The molecule has 0 spiro atoms. The van der Waals surface area contributed by atoms with E-state index in [0.29, 0.717) is 0 Å². The molecular formula is C13H16Cl2. The van der Waals surface area contributed by atoms with Gasteiger partial charge in [-0.25, -0.2) is 0 Å². The SMILES string of the molecule is CC(CCl)(Cc1cccc(Cl)c1)C1CC1. The molecule has 1 unspecified atom stereocenters. The molecule has 2 rings (SSSR count). The van der Waals surface area contributed by atoms with Crippen LogP contribution in [0.25, 0.3) is 0 Å². The molecule has 0 saturated heterocycles. The molecule has 0 radical (unpaired) electrons. The fraction of sp³-hybridized carbons (Fsp3) is 0.538. The molecule has 82 valence electrons. The molecule has 1 saturated carbocycles. The molecule has 1 atom stereocenters. The van der Waals surface area contributed by atoms with Crippen molar-refractivity contribution in [3.63, 3.8) is 0 Å². The third-order valence-electron chi connectivity index (χ3n) is 3.37. The zero-order chi connectivity index (χ0) is 10.9. The van der Waals surface area contributed by atoms with Gasteiger partial charge in [-0.1, -0.05) is 30.7 Å². The third-order valence-corrected chi connectivity index (χ3v) is 4.21. The van der Waals surface area contributed by atoms with Gasteiger partial charge in [-0.2, -0.15) is 0 Å². The summed E-state index contributed by atoms with van der Waals surface area (Å²) in [4.78, 5) is 0. The van der Waals surface area contributed by atoms with Gasteiger partial charge in [0.15, 0.2) is 0 Å². The number of alkyl halides is 1. The van der Waals surface area contributed by atoms with Crippen molar-refractivity contribution >= 4 is 23.2 Å². The van der Waals surface area contributed by atoms with Crippen molar-refractivity contribution in [3.8, 4) is 0 Å². The highest BCUT2D eigenvalue weighted by Crippen LogP contribution is 2.48. The van der Waals surface area contributed by atoms with Crippen LogP contribution in [0.15, 0.2) is 24.3 Å². The minimum Gasteiger partial charge on any atom is -0.126 e. The molecule has 1 aliphatic carbocycles. The van der Waals surface area contributed by atoms with E-state index in [-0.39, 0.29) is 5.41 Å². The quantitative estimate of drug-likeness (QED) is 0.681. The van der Waals surface area contributed by atoms with E-state index in [0.717, 1.165) is 23.2 Å². The second kappa shape index (κ2) is 4.35. The largest absolute Gasteiger partial charge is 0.126 e. The number of rotatable bonds is 4. The summed E-state index contributed by atoms with van der Waals surface area (Å²) in [7, 11) is 0. The highest BCUT2D eigenvalue weighted by atomic mass is 35.5. The fourth-order valence-corrected chi connectivity index (χ4v) is 2.72. The smallest absolute Gasteiger partial charge is 0.0408 e. The molecule has 1 aromatic rings. The molecular weight excluding hydrogens is 227 g/mol. The van der Waals surface area contributed by atoms with Crippen LogP contribution in [0.5, 0.6) is 0 Å². The van der Waals surface area contributed by atoms with E-state index in [9.17, 15) is 0 Å². The Morgan fingerprint density at radius 2 is 2.13 bits per heavy atom. The van der Waals surface area contributed by atoms with Crippen LogP contribution in [0.4, 0.5) is 0 Å². The van der Waals surface area contributed by atoms with Gasteiger partial charge in [-0.3, -0.25) is 0 Å². The van der Waals surface area contributed by atoms with Gasteiger partial charge in [0.1, 0.15) is 0 Å². The summed E-state index contributed by atoms with van der Waals surface area (Å²) < 4.78 is 0. The average molecular weight is 243 g/mol. The molecule has 1 fully saturated rings. The lowest BCUT2D eigenvalue weighted by atomic mass is 9.81. The highest BCUT2D eigenvalue weighted by Gasteiger charge is 2.40. The van der Waals surface area contributed by atoms with Crippen molar-refractivity contribution in [2.75, 3.05) is 5.88 Å². The number of benzene rings is 1. The summed E-state index contributed by atoms with van der Waals surface area (Å²) in [5.41, 5.74) is 1.56. The first-order chi connectivity index (χ1) is 7.14. The zero-order valence-corrected chi connectivity index (χ0v) is 10.5. The summed E-state index contributed by atoms with van der Waals surface area (Å²) in [5.74, 6) is 1.55. The number of hydrogen-bond donors (Lipinski definition) is 0. The molecule has 0 aromatic heterocycles. The second-order valence-corrected chi connectivity index (χ2v) is 5.57. The molecule has 0 bridgehead atoms. The average Bonchev–Trinajstić information content (AvgIpc) is 3.01. The molecule has 1 aromatic carbocycles. The zero-order valence-electron chi connectivity index (χ0n) is 8.97. The maximum absolute atomic E-state index is 6.10. The Hall–Kier alpha value is -0.200. The predicted octanol–water partition coefficient (Wildman–Crippen LogP) is 4.54. The van der Waals surface area contributed by atoms with E-state index >= 15 is 0 Å². The van der Waals surface area contributed by atoms with Gasteiger partial charge in [-0.05, 0) is 48.3 Å². The highest BCUT2D eigenvalue weighted by molar-refractivity contribution is 6.30. The first-order valence-corrected chi connectivity index (χ1v) is 6.36. The van der Waals surface area contributed by atoms with Gasteiger partial charge >= 0.3 is 0 Å². The van der Waals surface area contributed by atoms with E-state index in [4.69, 9.17) is 23.2 Å². The van der Waals surface area contributed by atoms with Gasteiger partial charge in [0.25, 0.3) is 0 Å². The van der Waals surface area contributed by atoms with E-state index in [1.165, 1.54) is 18.4 Å². The summed E-state index contributed by atoms with van der Waals surface area (Å²) >= 11 is 12.1. The van der Waals surface area contributed by atoms with E-state index < -0.39 is 0 Å². The normalized spacial score (nSPS) is 19.9. The van der Waals surface area contributed by atoms with Crippen LogP contribution in [0.3, 0.4) is 0 Å². The summed E-state index contributed by atoms with van der Waals surface area (Å²) in [6, 6.07) is 8.12. The molecule has 0 aliphatic heterocycles. The number of halogens is 2. The first-order valence-electron chi connectivity index (χ1n) is 5.44. The fourth-order valence-electron chi connectivity index (χ4n) is 2.19. The molecule has 0 heterocycles. The van der Waals surface area contributed by atoms with Gasteiger partial charge in [0.05, 0.1) is 0 Å². The Kier molecular flexibility index (Phi) is 3.27. The van der Waals surface area contributed by atoms with Crippen molar-refractivity contribution in [1.82, 2.24) is 0 Å². The van der Waals surface area contributed by atoms with Crippen LogP contribution >= 0.6 is 23.2 Å². The van der Waals surface area contributed by atoms with Crippen molar-refractivity contribution in [2.45, 2.75) is 26.2 Å². The van der Waals surface area contributed by atoms with Crippen LogP contribution in [-0.2, 0) is 6.42 Å². The molecule has 0 N–H and O–H groups in total. The van der Waals surface area contributed by atoms with E-state index in [2.05, 4.69) is 19.1 Å². The van der Waals surface area contributed by atoms with Crippen molar-refractivity contribution in [3.05, 3.63) is 34.9 Å². The molecule has 15 heavy (non-hydrogen) atoms. The van der Waals surface area contributed by atoms with Gasteiger partial charge in [-0.15, -0.1) is 11.6 Å². The lowest BCUT2D eigenvalue weighted by Crippen LogP contribution is -2.24. The minimum atomic E-state index is 0.256. The predicted molar refractivity (Wildman–Crippen MR) is 66.7 cm³/mol. The lowest BCUT2D eigenvalue weighted by molar-refractivity contribution is 0.313. The van der Waals surface area contributed by atoms with Crippen molar-refractivity contribution < 1.29 is 0 Å². The maximum atomic E-state index is 6.10. The van der Waals surface area contributed by atoms with Crippen LogP contribution in [0.1, 0.15) is 25.3 Å². The first kappa shape index (κ1) is 11.3. The summed E-state index contributed by atoms with van der Waals surface area (Å²) in [6.45, 7) is 2.29. The Balaban J connectivity index is 2.12. The van der Waals surface area contributed by atoms with Crippen molar-refractivity contribution in [1.29, 1.82) is 0 Å². The van der Waals surface area contributed by atoms with Crippen LogP contribution < -0.4 is 0 Å². The Morgan fingerprint density at radius 1 is 1.40 bits per heavy atom. The second-order valence-electron chi connectivity index (χ2n) is 4.87. The summed E-state index contributed by atoms with van der Waals surface area (Å²) in [5, 5.41) is 0.820. The van der Waals surface area contributed by atoms with Gasteiger partial charge in [0.2, 0.25) is 0 Å². The minimum absolute atomic E-state index is 0.256. The van der Waals surface area contributed by atoms with E-state index in [1.807, 2.05) is 12.1 Å². The Bertz CT molecular complexity index is 344. The monoisotopic (exact) mass is 242 g/mol. The lowest BCUT2D eigenvalue weighted by Gasteiger charge is -2.27. The number of hydrogen-bond acceptors (Lipinski definition) is 0. The van der Waals surface area contributed by atoms with Crippen LogP contribution in [0, 0.1) is 11.3 Å².